The van der Waals surface area contributed by atoms with Crippen LogP contribution in [0.1, 0.15) is 41.0 Å². The molecule has 0 saturated heterocycles. The van der Waals surface area contributed by atoms with Crippen molar-refractivity contribution in [1.82, 2.24) is 10.2 Å². The van der Waals surface area contributed by atoms with Crippen LogP contribution in [0.5, 0.6) is 0 Å². The van der Waals surface area contributed by atoms with Gasteiger partial charge in [0.25, 0.3) is 0 Å². The van der Waals surface area contributed by atoms with Crippen LogP contribution in [-0.2, 0) is 4.79 Å². The second-order valence-corrected chi connectivity index (χ2v) is 5.47. The minimum atomic E-state index is -0.234. The van der Waals surface area contributed by atoms with Crippen molar-refractivity contribution in [2.24, 2.45) is 17.6 Å². The molecular formula is C14H31N3O. The van der Waals surface area contributed by atoms with Gasteiger partial charge in [0.2, 0.25) is 5.91 Å². The number of amides is 1. The average molecular weight is 257 g/mol. The van der Waals surface area contributed by atoms with Gasteiger partial charge in [0.15, 0.2) is 0 Å². The highest BCUT2D eigenvalue weighted by Gasteiger charge is 2.22. The highest BCUT2D eigenvalue weighted by Crippen LogP contribution is 2.14. The van der Waals surface area contributed by atoms with Crippen molar-refractivity contribution in [1.29, 1.82) is 0 Å². The van der Waals surface area contributed by atoms with Crippen molar-refractivity contribution in [2.75, 3.05) is 26.2 Å². The first-order valence-corrected chi connectivity index (χ1v) is 7.17. The van der Waals surface area contributed by atoms with Crippen LogP contribution in [0.25, 0.3) is 0 Å². The Hall–Kier alpha value is -0.610. The van der Waals surface area contributed by atoms with E-state index in [1.165, 1.54) is 0 Å². The smallest absolute Gasteiger partial charge is 0.234 e. The summed E-state index contributed by atoms with van der Waals surface area (Å²) in [5, 5.41) is 3.31. The summed E-state index contributed by atoms with van der Waals surface area (Å²) in [7, 11) is 0. The fourth-order valence-corrected chi connectivity index (χ4v) is 2.38. The van der Waals surface area contributed by atoms with Gasteiger partial charge in [-0.2, -0.15) is 0 Å². The molecule has 0 aliphatic carbocycles. The number of hydrogen-bond acceptors (Lipinski definition) is 3. The topological polar surface area (TPSA) is 58.4 Å². The maximum Gasteiger partial charge on any atom is 0.234 e. The van der Waals surface area contributed by atoms with Crippen molar-refractivity contribution in [3.05, 3.63) is 0 Å². The molecule has 2 atom stereocenters. The molecule has 0 bridgehead atoms. The lowest BCUT2D eigenvalue weighted by Crippen LogP contribution is -2.48. The SMILES string of the molecule is CCN(CC)CCNC(C(N)=O)C(C)CC(C)C. The number of carbonyl (C=O) groups excluding carboxylic acids is 1. The number of primary amides is 1. The summed E-state index contributed by atoms with van der Waals surface area (Å²) >= 11 is 0. The summed E-state index contributed by atoms with van der Waals surface area (Å²) in [6.07, 6.45) is 1.02. The first-order chi connectivity index (χ1) is 8.42. The van der Waals surface area contributed by atoms with E-state index in [0.717, 1.165) is 32.6 Å². The summed E-state index contributed by atoms with van der Waals surface area (Å²) in [5.41, 5.74) is 5.48. The second-order valence-electron chi connectivity index (χ2n) is 5.47. The third-order valence-corrected chi connectivity index (χ3v) is 3.41. The van der Waals surface area contributed by atoms with Crippen LogP contribution in [0.2, 0.25) is 0 Å². The Kier molecular flexibility index (Phi) is 9.02. The van der Waals surface area contributed by atoms with Gasteiger partial charge < -0.3 is 16.0 Å². The molecular weight excluding hydrogens is 226 g/mol. The van der Waals surface area contributed by atoms with Crippen molar-refractivity contribution >= 4 is 5.91 Å². The van der Waals surface area contributed by atoms with E-state index in [1.54, 1.807) is 0 Å². The average Bonchev–Trinajstić information content (AvgIpc) is 2.27. The van der Waals surface area contributed by atoms with Gasteiger partial charge in [0, 0.05) is 13.1 Å². The molecule has 0 heterocycles. The molecule has 18 heavy (non-hydrogen) atoms. The minimum Gasteiger partial charge on any atom is -0.368 e. The number of nitrogens with one attached hydrogen (secondary N) is 1. The van der Waals surface area contributed by atoms with Crippen LogP contribution in [0.3, 0.4) is 0 Å². The summed E-state index contributed by atoms with van der Waals surface area (Å²) in [5.74, 6) is 0.647. The van der Waals surface area contributed by atoms with Crippen molar-refractivity contribution in [3.63, 3.8) is 0 Å². The van der Waals surface area contributed by atoms with Gasteiger partial charge in [-0.3, -0.25) is 4.79 Å². The first kappa shape index (κ1) is 17.4. The minimum absolute atomic E-state index is 0.206. The van der Waals surface area contributed by atoms with Gasteiger partial charge in [-0.15, -0.1) is 0 Å². The Bertz CT molecular complexity index is 227. The second kappa shape index (κ2) is 9.34. The van der Waals surface area contributed by atoms with Crippen LogP contribution in [0.4, 0.5) is 0 Å². The Labute approximate surface area is 112 Å². The van der Waals surface area contributed by atoms with Gasteiger partial charge in [0.05, 0.1) is 6.04 Å². The summed E-state index contributed by atoms with van der Waals surface area (Å²) in [4.78, 5) is 13.8. The van der Waals surface area contributed by atoms with E-state index in [1.807, 2.05) is 0 Å². The molecule has 0 aliphatic heterocycles. The number of rotatable bonds is 10. The van der Waals surface area contributed by atoms with Crippen LogP contribution < -0.4 is 11.1 Å². The maximum absolute atomic E-state index is 11.5. The largest absolute Gasteiger partial charge is 0.368 e. The Balaban J connectivity index is 4.16. The molecule has 0 aromatic heterocycles. The molecule has 1 amide bonds. The number of carbonyl (C=O) groups is 1. The number of nitrogens with two attached hydrogens (primary N) is 1. The molecule has 0 rings (SSSR count). The van der Waals surface area contributed by atoms with Gasteiger partial charge in [-0.1, -0.05) is 34.6 Å². The van der Waals surface area contributed by atoms with E-state index >= 15 is 0 Å². The van der Waals surface area contributed by atoms with Crippen molar-refractivity contribution in [2.45, 2.75) is 47.1 Å². The molecule has 108 valence electrons. The van der Waals surface area contributed by atoms with E-state index < -0.39 is 0 Å². The Morgan fingerprint density at radius 2 is 1.78 bits per heavy atom. The van der Waals surface area contributed by atoms with E-state index in [2.05, 4.69) is 44.8 Å². The Morgan fingerprint density at radius 3 is 2.17 bits per heavy atom. The summed E-state index contributed by atoms with van der Waals surface area (Å²) < 4.78 is 0. The quantitative estimate of drug-likeness (QED) is 0.623. The van der Waals surface area contributed by atoms with Gasteiger partial charge in [-0.05, 0) is 31.3 Å². The van der Waals surface area contributed by atoms with E-state index in [-0.39, 0.29) is 11.9 Å². The fraction of sp³-hybridized carbons (Fsp3) is 0.929. The maximum atomic E-state index is 11.5. The van der Waals surface area contributed by atoms with Crippen LogP contribution >= 0.6 is 0 Å². The molecule has 2 unspecified atom stereocenters. The van der Waals surface area contributed by atoms with Crippen LogP contribution in [-0.4, -0.2) is 43.0 Å². The van der Waals surface area contributed by atoms with E-state index in [0.29, 0.717) is 11.8 Å². The zero-order valence-electron chi connectivity index (χ0n) is 12.7. The lowest BCUT2D eigenvalue weighted by Gasteiger charge is -2.25. The monoisotopic (exact) mass is 257 g/mol. The van der Waals surface area contributed by atoms with Crippen molar-refractivity contribution < 1.29 is 4.79 Å². The summed E-state index contributed by atoms with van der Waals surface area (Å²) in [6.45, 7) is 14.6. The predicted octanol–water partition coefficient (Wildman–Crippen LogP) is 1.45. The normalized spacial score (nSPS) is 15.1. The number of nitrogens with zero attached hydrogens (tertiary/aromatic N) is 1. The molecule has 0 aromatic carbocycles. The van der Waals surface area contributed by atoms with Gasteiger partial charge in [-0.25, -0.2) is 0 Å². The highest BCUT2D eigenvalue weighted by molar-refractivity contribution is 5.80. The molecule has 0 aliphatic rings. The molecule has 3 N–H and O–H groups in total. The molecule has 0 radical (unpaired) electrons. The predicted molar refractivity (Wildman–Crippen MR) is 77.4 cm³/mol. The van der Waals surface area contributed by atoms with E-state index in [9.17, 15) is 4.79 Å². The third-order valence-electron chi connectivity index (χ3n) is 3.41. The summed E-state index contributed by atoms with van der Waals surface area (Å²) in [6, 6.07) is -0.206. The van der Waals surface area contributed by atoms with Gasteiger partial charge in [0.1, 0.15) is 0 Å². The lowest BCUT2D eigenvalue weighted by atomic mass is 9.91. The molecule has 0 saturated carbocycles. The molecule has 4 heteroatoms. The van der Waals surface area contributed by atoms with Crippen molar-refractivity contribution in [3.8, 4) is 0 Å². The lowest BCUT2D eigenvalue weighted by molar-refractivity contribution is -0.121. The molecule has 0 fully saturated rings. The van der Waals surface area contributed by atoms with Gasteiger partial charge >= 0.3 is 0 Å². The molecule has 0 aromatic rings. The fourth-order valence-electron chi connectivity index (χ4n) is 2.38. The van der Waals surface area contributed by atoms with Crippen LogP contribution in [0.15, 0.2) is 0 Å². The van der Waals surface area contributed by atoms with E-state index in [4.69, 9.17) is 5.73 Å². The zero-order chi connectivity index (χ0) is 14.1. The number of likely N-dealkylation sites (N-methyl/N-ethyl adjacent to an activating group) is 1. The third kappa shape index (κ3) is 6.97. The standard InChI is InChI=1S/C14H31N3O/c1-6-17(7-2)9-8-16-13(14(15)18)12(5)10-11(3)4/h11-13,16H,6-10H2,1-5H3,(H2,15,18). The molecule has 0 spiro atoms. The van der Waals surface area contributed by atoms with Crippen LogP contribution in [0, 0.1) is 11.8 Å². The zero-order valence-corrected chi connectivity index (χ0v) is 12.7. The highest BCUT2D eigenvalue weighted by atomic mass is 16.1. The number of hydrogen-bond donors (Lipinski definition) is 2. The first-order valence-electron chi connectivity index (χ1n) is 7.17. The molecule has 4 nitrogen and oxygen atoms in total. The Morgan fingerprint density at radius 1 is 1.22 bits per heavy atom.